The summed E-state index contributed by atoms with van der Waals surface area (Å²) >= 11 is 0. The Labute approximate surface area is 77.4 Å². The Morgan fingerprint density at radius 2 is 2.23 bits per heavy atom. The maximum Gasteiger partial charge on any atom is 0.131 e. The lowest BCUT2D eigenvalue weighted by Crippen LogP contribution is -1.78. The van der Waals surface area contributed by atoms with Crippen LogP contribution in [0.5, 0.6) is 5.75 Å². The molecule has 64 valence electrons. The van der Waals surface area contributed by atoms with Crippen LogP contribution >= 0.6 is 0 Å². The molecule has 1 aromatic rings. The van der Waals surface area contributed by atoms with E-state index in [1.54, 1.807) is 12.1 Å². The van der Waals surface area contributed by atoms with Crippen molar-refractivity contribution in [3.63, 3.8) is 0 Å². The first-order valence-electron chi connectivity index (χ1n) is 3.89. The maximum absolute atomic E-state index is 9.41. The van der Waals surface area contributed by atoms with E-state index >= 15 is 0 Å². The van der Waals surface area contributed by atoms with E-state index in [0.29, 0.717) is 5.56 Å². The number of nitrogens with zero attached hydrogens (tertiary/aromatic N) is 1. The quantitative estimate of drug-likeness (QED) is 0.606. The number of phenolic OH excluding ortho intramolecular Hbond substituents is 1. The van der Waals surface area contributed by atoms with Crippen LogP contribution in [0.2, 0.25) is 0 Å². The second-order valence-electron chi connectivity index (χ2n) is 2.66. The molecule has 0 aromatic heterocycles. The average molecular weight is 171 g/mol. The van der Waals surface area contributed by atoms with Crippen molar-refractivity contribution < 1.29 is 5.11 Å². The average Bonchev–Trinajstić information content (AvgIpc) is 2.09. The van der Waals surface area contributed by atoms with Crippen molar-refractivity contribution in [2.45, 2.75) is 13.3 Å². The Morgan fingerprint density at radius 1 is 1.46 bits per heavy atom. The van der Waals surface area contributed by atoms with Gasteiger partial charge in [0.05, 0.1) is 18.1 Å². The molecule has 1 N–H and O–H groups in total. The molecule has 1 rings (SSSR count). The second-order valence-corrected chi connectivity index (χ2v) is 2.66. The number of benzene rings is 1. The van der Waals surface area contributed by atoms with E-state index in [9.17, 15) is 5.11 Å². The number of aromatic hydroxyl groups is 1. The van der Waals surface area contributed by atoms with Gasteiger partial charge in [0.1, 0.15) is 5.75 Å². The summed E-state index contributed by atoms with van der Waals surface area (Å²) in [5, 5.41) is 17.6. The van der Waals surface area contributed by atoms with Crippen LogP contribution < -0.4 is 0 Å². The molecule has 0 atom stereocenters. The van der Waals surface area contributed by atoms with E-state index in [2.05, 4.69) is 11.8 Å². The Hall–Kier alpha value is -1.93. The third kappa shape index (κ3) is 2.54. The molecule has 0 bridgehead atoms. The number of hydrogen-bond donors (Lipinski definition) is 1. The number of nitriles is 1. The topological polar surface area (TPSA) is 44.0 Å². The molecule has 1 aromatic carbocycles. The van der Waals surface area contributed by atoms with Crippen LogP contribution in [0.15, 0.2) is 18.2 Å². The Morgan fingerprint density at radius 3 is 2.85 bits per heavy atom. The third-order valence-electron chi connectivity index (χ3n) is 1.54. The lowest BCUT2D eigenvalue weighted by Gasteiger charge is -1.97. The van der Waals surface area contributed by atoms with Gasteiger partial charge in [0.25, 0.3) is 0 Å². The van der Waals surface area contributed by atoms with Gasteiger partial charge in [-0.25, -0.2) is 0 Å². The van der Waals surface area contributed by atoms with Gasteiger partial charge in [-0.15, -0.1) is 0 Å². The second kappa shape index (κ2) is 4.18. The highest BCUT2D eigenvalue weighted by molar-refractivity contribution is 5.47. The minimum Gasteiger partial charge on any atom is -0.507 e. The molecule has 0 saturated heterocycles. The van der Waals surface area contributed by atoms with Crippen LogP contribution in [0.25, 0.3) is 0 Å². The highest BCUT2D eigenvalue weighted by Crippen LogP contribution is 2.16. The summed E-state index contributed by atoms with van der Waals surface area (Å²) in [6.45, 7) is 1.90. The summed E-state index contributed by atoms with van der Waals surface area (Å²) < 4.78 is 0. The number of hydrogen-bond acceptors (Lipinski definition) is 2. The summed E-state index contributed by atoms with van der Waals surface area (Å²) in [5.74, 6) is 5.53. The molecule has 0 saturated carbocycles. The first-order valence-corrected chi connectivity index (χ1v) is 3.89. The van der Waals surface area contributed by atoms with Gasteiger partial charge >= 0.3 is 0 Å². The fraction of sp³-hybridized carbons (Fsp3) is 0.182. The van der Waals surface area contributed by atoms with E-state index in [4.69, 9.17) is 5.26 Å². The zero-order valence-electron chi connectivity index (χ0n) is 7.33. The lowest BCUT2D eigenvalue weighted by atomic mass is 10.1. The maximum atomic E-state index is 9.41. The van der Waals surface area contributed by atoms with Gasteiger partial charge < -0.3 is 5.11 Å². The minimum absolute atomic E-state index is 0.172. The molecule has 2 nitrogen and oxygen atoms in total. The molecule has 0 amide bonds. The Balaban J connectivity index is 2.93. The molecule has 0 aliphatic rings. The van der Waals surface area contributed by atoms with E-state index in [-0.39, 0.29) is 12.2 Å². The summed E-state index contributed by atoms with van der Waals surface area (Å²) in [5.41, 5.74) is 1.56. The van der Waals surface area contributed by atoms with Crippen molar-refractivity contribution in [1.82, 2.24) is 0 Å². The summed E-state index contributed by atoms with van der Waals surface area (Å²) in [4.78, 5) is 0. The number of phenols is 1. The van der Waals surface area contributed by atoms with Crippen molar-refractivity contribution in [2.24, 2.45) is 0 Å². The fourth-order valence-electron chi connectivity index (χ4n) is 0.926. The molecule has 0 spiro atoms. The van der Waals surface area contributed by atoms with Gasteiger partial charge in [-0.05, 0) is 24.6 Å². The third-order valence-corrected chi connectivity index (χ3v) is 1.54. The van der Waals surface area contributed by atoms with Crippen LogP contribution in [0, 0.1) is 30.1 Å². The minimum atomic E-state index is 0.172. The smallest absolute Gasteiger partial charge is 0.131 e. The van der Waals surface area contributed by atoms with Gasteiger partial charge in [0.15, 0.2) is 0 Å². The zero-order chi connectivity index (χ0) is 9.68. The van der Waals surface area contributed by atoms with Crippen LogP contribution in [0.4, 0.5) is 0 Å². The van der Waals surface area contributed by atoms with Crippen molar-refractivity contribution in [3.05, 3.63) is 29.3 Å². The lowest BCUT2D eigenvalue weighted by molar-refractivity contribution is 0.473. The monoisotopic (exact) mass is 171 g/mol. The summed E-state index contributed by atoms with van der Waals surface area (Å²) in [6, 6.07) is 7.18. The highest BCUT2D eigenvalue weighted by atomic mass is 16.3. The van der Waals surface area contributed by atoms with Crippen molar-refractivity contribution in [3.8, 4) is 23.7 Å². The van der Waals surface area contributed by atoms with Gasteiger partial charge in [-0.2, -0.15) is 5.26 Å². The van der Waals surface area contributed by atoms with Crippen LogP contribution in [0.1, 0.15) is 17.5 Å². The molecule has 0 aliphatic heterocycles. The van der Waals surface area contributed by atoms with Crippen LogP contribution in [-0.4, -0.2) is 5.11 Å². The first kappa shape index (κ1) is 9.16. The zero-order valence-corrected chi connectivity index (χ0v) is 7.33. The van der Waals surface area contributed by atoms with Gasteiger partial charge in [-0.1, -0.05) is 17.9 Å². The van der Waals surface area contributed by atoms with E-state index < -0.39 is 0 Å². The molecular formula is C11H9NO. The SMILES string of the molecule is Cc1ccc(C#CCC#N)c(O)c1. The van der Waals surface area contributed by atoms with Gasteiger partial charge in [-0.3, -0.25) is 0 Å². The molecule has 13 heavy (non-hydrogen) atoms. The highest BCUT2D eigenvalue weighted by Gasteiger charge is 1.95. The van der Waals surface area contributed by atoms with Crippen molar-refractivity contribution >= 4 is 0 Å². The predicted octanol–water partition coefficient (Wildman–Crippen LogP) is 1.97. The number of rotatable bonds is 0. The standard InChI is InChI=1S/C11H9NO/c1-9-5-6-10(11(13)8-9)4-2-3-7-12/h5-6,8,13H,3H2,1H3. The Kier molecular flexibility index (Phi) is 2.95. The molecule has 2 heteroatoms. The molecular weight excluding hydrogens is 162 g/mol. The van der Waals surface area contributed by atoms with E-state index in [1.165, 1.54) is 0 Å². The van der Waals surface area contributed by atoms with E-state index in [0.717, 1.165) is 5.56 Å². The van der Waals surface area contributed by atoms with Crippen LogP contribution in [0.3, 0.4) is 0 Å². The van der Waals surface area contributed by atoms with Gasteiger partial charge in [0, 0.05) is 0 Å². The molecule has 0 unspecified atom stereocenters. The van der Waals surface area contributed by atoms with Gasteiger partial charge in [0.2, 0.25) is 0 Å². The number of aryl methyl sites for hydroxylation is 1. The fourth-order valence-corrected chi connectivity index (χ4v) is 0.926. The largest absolute Gasteiger partial charge is 0.507 e. The molecule has 0 fully saturated rings. The van der Waals surface area contributed by atoms with Crippen LogP contribution in [-0.2, 0) is 0 Å². The predicted molar refractivity (Wildman–Crippen MR) is 50.0 cm³/mol. The molecule has 0 radical (unpaired) electrons. The normalized spacial score (nSPS) is 8.31. The van der Waals surface area contributed by atoms with Crippen molar-refractivity contribution in [2.75, 3.05) is 0 Å². The molecule has 0 aliphatic carbocycles. The summed E-state index contributed by atoms with van der Waals surface area (Å²) in [6.07, 6.45) is 0.188. The van der Waals surface area contributed by atoms with Crippen molar-refractivity contribution in [1.29, 1.82) is 5.26 Å². The summed E-state index contributed by atoms with van der Waals surface area (Å²) in [7, 11) is 0. The first-order chi connectivity index (χ1) is 6.24. The molecule has 0 heterocycles. The Bertz CT molecular complexity index is 404. The van der Waals surface area contributed by atoms with E-state index in [1.807, 2.05) is 19.1 Å².